The third-order valence-corrected chi connectivity index (χ3v) is 3.73. The second kappa shape index (κ2) is 5.52. The van der Waals surface area contributed by atoms with Crippen molar-refractivity contribution in [1.29, 1.82) is 0 Å². The first-order chi connectivity index (χ1) is 8.26. The molecule has 0 aromatic heterocycles. The molecule has 1 heterocycles. The van der Waals surface area contributed by atoms with Crippen LogP contribution in [0.4, 0.5) is 5.69 Å². The van der Waals surface area contributed by atoms with Gasteiger partial charge in [-0.15, -0.1) is 0 Å². The number of hydrogen-bond donors (Lipinski definition) is 2. The monoisotopic (exact) mass is 234 g/mol. The van der Waals surface area contributed by atoms with E-state index in [-0.39, 0.29) is 0 Å². The lowest BCUT2D eigenvalue weighted by Gasteiger charge is -2.35. The molecule has 0 radical (unpaired) electrons. The minimum atomic E-state index is 0.325. The summed E-state index contributed by atoms with van der Waals surface area (Å²) in [6, 6.07) is 6.33. The summed E-state index contributed by atoms with van der Waals surface area (Å²) in [7, 11) is 0. The molecule has 1 aromatic carbocycles. The van der Waals surface area contributed by atoms with E-state index in [2.05, 4.69) is 30.0 Å². The molecule has 3 heteroatoms. The lowest BCUT2D eigenvalue weighted by molar-refractivity contribution is 0.203. The van der Waals surface area contributed by atoms with Crippen molar-refractivity contribution in [2.45, 2.75) is 26.3 Å². The molecule has 0 spiro atoms. The lowest BCUT2D eigenvalue weighted by atomic mass is 9.96. The Morgan fingerprint density at radius 1 is 1.35 bits per heavy atom. The van der Waals surface area contributed by atoms with Gasteiger partial charge in [-0.25, -0.2) is 0 Å². The van der Waals surface area contributed by atoms with E-state index in [9.17, 15) is 0 Å². The topological polar surface area (TPSA) is 49.5 Å². The van der Waals surface area contributed by atoms with Crippen LogP contribution in [0, 0.1) is 12.8 Å². The molecular formula is C14H22N2O. The number of benzene rings is 1. The van der Waals surface area contributed by atoms with Crippen LogP contribution in [-0.2, 0) is 6.54 Å². The number of anilines is 1. The Morgan fingerprint density at radius 2 is 2.06 bits per heavy atom. The smallest absolute Gasteiger partial charge is 0.0460 e. The van der Waals surface area contributed by atoms with E-state index >= 15 is 0 Å². The summed E-state index contributed by atoms with van der Waals surface area (Å²) in [6.07, 6.45) is 2.16. The van der Waals surface area contributed by atoms with E-state index in [1.165, 1.54) is 16.8 Å². The average molecular weight is 234 g/mol. The Labute approximate surface area is 103 Å². The number of aliphatic hydroxyl groups is 1. The Morgan fingerprint density at radius 3 is 2.65 bits per heavy atom. The van der Waals surface area contributed by atoms with Gasteiger partial charge in [0.1, 0.15) is 0 Å². The minimum Gasteiger partial charge on any atom is -0.396 e. The van der Waals surface area contributed by atoms with Gasteiger partial charge in [0.15, 0.2) is 0 Å². The third kappa shape index (κ3) is 2.61. The number of aryl methyl sites for hydroxylation is 1. The number of nitrogens with zero attached hydrogens (tertiary/aromatic N) is 1. The summed E-state index contributed by atoms with van der Waals surface area (Å²) < 4.78 is 0. The standard InChI is InChI=1S/C14H22N2O/c1-11-3-2-4-13(9-15)14(11)16-7-5-12(10-17)6-8-16/h2-4,12,17H,5-10,15H2,1H3. The molecule has 94 valence electrons. The largest absolute Gasteiger partial charge is 0.396 e. The quantitative estimate of drug-likeness (QED) is 0.836. The highest BCUT2D eigenvalue weighted by molar-refractivity contribution is 5.59. The summed E-state index contributed by atoms with van der Waals surface area (Å²) in [5, 5.41) is 9.16. The molecule has 0 bridgehead atoms. The highest BCUT2D eigenvalue weighted by atomic mass is 16.3. The minimum absolute atomic E-state index is 0.325. The van der Waals surface area contributed by atoms with Crippen LogP contribution < -0.4 is 10.6 Å². The lowest BCUT2D eigenvalue weighted by Crippen LogP contribution is -2.36. The third-order valence-electron chi connectivity index (χ3n) is 3.73. The summed E-state index contributed by atoms with van der Waals surface area (Å²) >= 11 is 0. The molecular weight excluding hydrogens is 212 g/mol. The molecule has 3 N–H and O–H groups in total. The number of aliphatic hydroxyl groups excluding tert-OH is 1. The number of rotatable bonds is 3. The number of hydrogen-bond acceptors (Lipinski definition) is 3. The fraction of sp³-hybridized carbons (Fsp3) is 0.571. The Balaban J connectivity index is 2.17. The van der Waals surface area contributed by atoms with Gasteiger partial charge < -0.3 is 15.7 Å². The van der Waals surface area contributed by atoms with Crippen LogP contribution in [0.25, 0.3) is 0 Å². The zero-order valence-electron chi connectivity index (χ0n) is 10.5. The summed E-state index contributed by atoms with van der Waals surface area (Å²) in [5.41, 5.74) is 9.65. The van der Waals surface area contributed by atoms with E-state index < -0.39 is 0 Å². The van der Waals surface area contributed by atoms with Crippen LogP contribution >= 0.6 is 0 Å². The van der Waals surface area contributed by atoms with Crippen molar-refractivity contribution in [3.8, 4) is 0 Å². The van der Waals surface area contributed by atoms with Crippen LogP contribution in [0.1, 0.15) is 24.0 Å². The van der Waals surface area contributed by atoms with Crippen molar-refractivity contribution in [3.05, 3.63) is 29.3 Å². The molecule has 1 aromatic rings. The van der Waals surface area contributed by atoms with Crippen molar-refractivity contribution < 1.29 is 5.11 Å². The molecule has 0 aliphatic carbocycles. The van der Waals surface area contributed by atoms with Crippen LogP contribution in [-0.4, -0.2) is 24.8 Å². The number of para-hydroxylation sites is 1. The van der Waals surface area contributed by atoms with Gasteiger partial charge in [0, 0.05) is 31.9 Å². The molecule has 2 rings (SSSR count). The van der Waals surface area contributed by atoms with E-state index in [4.69, 9.17) is 10.8 Å². The summed E-state index contributed by atoms with van der Waals surface area (Å²) in [6.45, 7) is 5.13. The first-order valence-corrected chi connectivity index (χ1v) is 6.40. The van der Waals surface area contributed by atoms with E-state index in [0.717, 1.165) is 25.9 Å². The Hall–Kier alpha value is -1.06. The van der Waals surface area contributed by atoms with Crippen LogP contribution in [0.2, 0.25) is 0 Å². The van der Waals surface area contributed by atoms with Crippen molar-refractivity contribution >= 4 is 5.69 Å². The van der Waals surface area contributed by atoms with Gasteiger partial charge in [0.25, 0.3) is 0 Å². The molecule has 1 aliphatic rings. The summed E-state index contributed by atoms with van der Waals surface area (Å²) in [4.78, 5) is 2.42. The van der Waals surface area contributed by atoms with E-state index in [1.54, 1.807) is 0 Å². The zero-order valence-corrected chi connectivity index (χ0v) is 10.5. The highest BCUT2D eigenvalue weighted by Crippen LogP contribution is 2.29. The van der Waals surface area contributed by atoms with Crippen LogP contribution in [0.3, 0.4) is 0 Å². The van der Waals surface area contributed by atoms with Gasteiger partial charge in [-0.1, -0.05) is 18.2 Å². The first kappa shape index (κ1) is 12.4. The van der Waals surface area contributed by atoms with Gasteiger partial charge in [-0.05, 0) is 36.8 Å². The molecule has 1 fully saturated rings. The Kier molecular flexibility index (Phi) is 4.02. The van der Waals surface area contributed by atoms with Gasteiger partial charge in [-0.2, -0.15) is 0 Å². The molecule has 3 nitrogen and oxygen atoms in total. The Bertz CT molecular complexity index is 370. The predicted octanol–water partition coefficient (Wildman–Crippen LogP) is 1.66. The molecule has 0 atom stereocenters. The fourth-order valence-electron chi connectivity index (χ4n) is 2.68. The van der Waals surface area contributed by atoms with Gasteiger partial charge >= 0.3 is 0 Å². The second-order valence-electron chi connectivity index (χ2n) is 4.90. The second-order valence-corrected chi connectivity index (χ2v) is 4.90. The van der Waals surface area contributed by atoms with Crippen LogP contribution in [0.15, 0.2) is 18.2 Å². The maximum atomic E-state index is 9.16. The summed E-state index contributed by atoms with van der Waals surface area (Å²) in [5.74, 6) is 0.483. The first-order valence-electron chi connectivity index (χ1n) is 6.40. The van der Waals surface area contributed by atoms with Gasteiger partial charge in [0.05, 0.1) is 0 Å². The predicted molar refractivity (Wildman–Crippen MR) is 71.1 cm³/mol. The molecule has 1 aliphatic heterocycles. The van der Waals surface area contributed by atoms with Crippen molar-refractivity contribution in [1.82, 2.24) is 0 Å². The van der Waals surface area contributed by atoms with Crippen molar-refractivity contribution in [2.24, 2.45) is 11.7 Å². The molecule has 0 amide bonds. The number of piperidine rings is 1. The molecule has 0 unspecified atom stereocenters. The van der Waals surface area contributed by atoms with Crippen molar-refractivity contribution in [3.63, 3.8) is 0 Å². The van der Waals surface area contributed by atoms with Crippen LogP contribution in [0.5, 0.6) is 0 Å². The molecule has 1 saturated heterocycles. The fourth-order valence-corrected chi connectivity index (χ4v) is 2.68. The average Bonchev–Trinajstić information content (AvgIpc) is 2.38. The normalized spacial score (nSPS) is 17.5. The number of nitrogens with two attached hydrogens (primary N) is 1. The zero-order chi connectivity index (χ0) is 12.3. The SMILES string of the molecule is Cc1cccc(CN)c1N1CCC(CO)CC1. The highest BCUT2D eigenvalue weighted by Gasteiger charge is 2.21. The van der Waals surface area contributed by atoms with Gasteiger partial charge in [0.2, 0.25) is 0 Å². The molecule has 17 heavy (non-hydrogen) atoms. The van der Waals surface area contributed by atoms with Gasteiger partial charge in [-0.3, -0.25) is 0 Å². The molecule has 0 saturated carbocycles. The maximum absolute atomic E-state index is 9.16. The van der Waals surface area contributed by atoms with E-state index in [0.29, 0.717) is 19.1 Å². The maximum Gasteiger partial charge on any atom is 0.0460 e. The van der Waals surface area contributed by atoms with Crippen molar-refractivity contribution in [2.75, 3.05) is 24.6 Å². The van der Waals surface area contributed by atoms with E-state index in [1.807, 2.05) is 0 Å².